The van der Waals surface area contributed by atoms with Gasteiger partial charge in [0.1, 0.15) is 0 Å². The summed E-state index contributed by atoms with van der Waals surface area (Å²) in [6.45, 7) is -0.828. The number of carboxylic acids is 1. The molecule has 1 aliphatic heterocycles. The molecule has 3 rings (SSSR count). The lowest BCUT2D eigenvalue weighted by atomic mass is 9.93. The number of hydrogen-bond donors (Lipinski definition) is 2. The maximum Gasteiger partial charge on any atom is 0.329 e. The molecule has 2 N–H and O–H groups in total. The van der Waals surface area contributed by atoms with Gasteiger partial charge >= 0.3 is 5.97 Å². The highest BCUT2D eigenvalue weighted by Crippen LogP contribution is 2.30. The smallest absolute Gasteiger partial charge is 0.329 e. The van der Waals surface area contributed by atoms with Gasteiger partial charge < -0.3 is 10.2 Å². The third kappa shape index (κ3) is 1.80. The zero-order chi connectivity index (χ0) is 15.1. The number of nitrogens with zero attached hydrogens (tertiary/aromatic N) is 1. The molecule has 106 valence electrons. The summed E-state index contributed by atoms with van der Waals surface area (Å²) in [5.74, 6) is -2.83. The summed E-state index contributed by atoms with van der Waals surface area (Å²) in [6.07, 6.45) is 0. The molecule has 6 nitrogen and oxygen atoms in total. The quantitative estimate of drug-likeness (QED) is 0.816. The van der Waals surface area contributed by atoms with Crippen LogP contribution in [-0.4, -0.2) is 45.5 Å². The van der Waals surface area contributed by atoms with E-state index >= 15 is 0 Å². The summed E-state index contributed by atoms with van der Waals surface area (Å²) in [7, 11) is 0. The first kappa shape index (κ1) is 13.3. The van der Waals surface area contributed by atoms with E-state index in [1.807, 2.05) is 0 Å². The summed E-state index contributed by atoms with van der Waals surface area (Å²) in [5, 5.41) is 19.6. The van der Waals surface area contributed by atoms with Crippen molar-refractivity contribution in [1.29, 1.82) is 0 Å². The van der Waals surface area contributed by atoms with Gasteiger partial charge in [0.05, 0.1) is 6.61 Å². The molecule has 0 aromatic heterocycles. The zero-order valence-electron chi connectivity index (χ0n) is 10.8. The number of amides is 2. The molecule has 0 saturated heterocycles. The van der Waals surface area contributed by atoms with E-state index in [1.165, 1.54) is 0 Å². The number of rotatable bonds is 3. The predicted octanol–water partition coefficient (Wildman–Crippen LogP) is 0.881. The van der Waals surface area contributed by atoms with Crippen LogP contribution < -0.4 is 0 Å². The first-order valence-electron chi connectivity index (χ1n) is 6.29. The molecule has 2 aromatic carbocycles. The Morgan fingerprint density at radius 3 is 2.00 bits per heavy atom. The molecule has 0 fully saturated rings. The Balaban J connectivity index is 2.26. The zero-order valence-corrected chi connectivity index (χ0v) is 10.8. The first-order valence-corrected chi connectivity index (χ1v) is 6.29. The Bertz CT molecular complexity index is 732. The van der Waals surface area contributed by atoms with Gasteiger partial charge in [0.25, 0.3) is 11.8 Å². The third-order valence-corrected chi connectivity index (χ3v) is 3.57. The van der Waals surface area contributed by atoms with Gasteiger partial charge in [-0.2, -0.15) is 0 Å². The Kier molecular flexibility index (Phi) is 2.95. The fourth-order valence-electron chi connectivity index (χ4n) is 2.60. The molecule has 1 aliphatic rings. The van der Waals surface area contributed by atoms with Gasteiger partial charge in [-0.1, -0.05) is 24.3 Å². The van der Waals surface area contributed by atoms with Crippen LogP contribution in [0.3, 0.4) is 0 Å². The lowest BCUT2D eigenvalue weighted by Gasteiger charge is -2.30. The number of hydrogen-bond acceptors (Lipinski definition) is 4. The summed E-state index contributed by atoms with van der Waals surface area (Å²) in [5.41, 5.74) is 0.532. The summed E-state index contributed by atoms with van der Waals surface area (Å²) in [6, 6.07) is 8.39. The minimum atomic E-state index is -1.59. The minimum absolute atomic E-state index is 0.266. The normalized spacial score (nSPS) is 15.4. The first-order chi connectivity index (χ1) is 10.1. The summed E-state index contributed by atoms with van der Waals surface area (Å²) < 4.78 is 0. The second-order valence-electron chi connectivity index (χ2n) is 4.73. The Hall–Kier alpha value is -2.73. The van der Waals surface area contributed by atoms with Crippen LogP contribution >= 0.6 is 0 Å². The van der Waals surface area contributed by atoms with Crippen molar-refractivity contribution in [1.82, 2.24) is 4.90 Å². The van der Waals surface area contributed by atoms with E-state index in [2.05, 4.69) is 0 Å². The lowest BCUT2D eigenvalue weighted by Crippen LogP contribution is -2.52. The van der Waals surface area contributed by atoms with E-state index in [9.17, 15) is 19.5 Å². The van der Waals surface area contributed by atoms with Crippen molar-refractivity contribution in [2.75, 3.05) is 6.61 Å². The van der Waals surface area contributed by atoms with Crippen molar-refractivity contribution in [2.45, 2.75) is 6.04 Å². The van der Waals surface area contributed by atoms with Gasteiger partial charge in [0, 0.05) is 16.5 Å². The Morgan fingerprint density at radius 2 is 1.57 bits per heavy atom. The molecule has 21 heavy (non-hydrogen) atoms. The number of benzene rings is 2. The number of carbonyl (C=O) groups excluding carboxylic acids is 2. The van der Waals surface area contributed by atoms with Crippen molar-refractivity contribution >= 4 is 28.6 Å². The van der Waals surface area contributed by atoms with Crippen molar-refractivity contribution in [3.63, 3.8) is 0 Å². The molecule has 0 aliphatic carbocycles. The van der Waals surface area contributed by atoms with Gasteiger partial charge in [0.2, 0.25) is 0 Å². The van der Waals surface area contributed by atoms with Crippen LogP contribution in [0.15, 0.2) is 36.4 Å². The third-order valence-electron chi connectivity index (χ3n) is 3.57. The van der Waals surface area contributed by atoms with Gasteiger partial charge in [0.15, 0.2) is 6.04 Å². The molecule has 0 radical (unpaired) electrons. The maximum absolute atomic E-state index is 12.4. The fraction of sp³-hybridized carbons (Fsp3) is 0.133. The van der Waals surface area contributed by atoms with Crippen LogP contribution in [0, 0.1) is 0 Å². The number of carbonyl (C=O) groups is 3. The summed E-state index contributed by atoms with van der Waals surface area (Å²) >= 11 is 0. The molecule has 0 spiro atoms. The highest BCUT2D eigenvalue weighted by molar-refractivity contribution is 6.26. The second kappa shape index (κ2) is 4.68. The van der Waals surface area contributed by atoms with Crippen molar-refractivity contribution < 1.29 is 24.6 Å². The average Bonchev–Trinajstić information content (AvgIpc) is 2.48. The van der Waals surface area contributed by atoms with E-state index in [0.29, 0.717) is 10.3 Å². The second-order valence-corrected chi connectivity index (χ2v) is 4.73. The largest absolute Gasteiger partial charge is 0.480 e. The van der Waals surface area contributed by atoms with Crippen LogP contribution in [0.1, 0.15) is 20.7 Å². The van der Waals surface area contributed by atoms with Gasteiger partial charge in [-0.05, 0) is 17.5 Å². The standard InChI is InChI=1S/C15H11NO5/c17-7-11(15(20)21)16-13(18)9-5-1-3-8-4-2-6-10(12(8)9)14(16)19/h1-6,11,17H,7H2,(H,20,21)/t11-/m0/s1. The van der Waals surface area contributed by atoms with Crippen molar-refractivity contribution in [2.24, 2.45) is 0 Å². The highest BCUT2D eigenvalue weighted by atomic mass is 16.4. The van der Waals surface area contributed by atoms with E-state index in [1.54, 1.807) is 36.4 Å². The van der Waals surface area contributed by atoms with Crippen LogP contribution in [0.5, 0.6) is 0 Å². The molecule has 0 unspecified atom stereocenters. The van der Waals surface area contributed by atoms with Crippen molar-refractivity contribution in [3.05, 3.63) is 47.5 Å². The molecule has 1 heterocycles. The van der Waals surface area contributed by atoms with Gasteiger partial charge in [-0.15, -0.1) is 0 Å². The van der Waals surface area contributed by atoms with E-state index in [0.717, 1.165) is 5.39 Å². The molecule has 1 atom stereocenters. The van der Waals surface area contributed by atoms with E-state index < -0.39 is 30.4 Å². The number of carboxylic acid groups (broad SMARTS) is 1. The van der Waals surface area contributed by atoms with Gasteiger partial charge in [-0.3, -0.25) is 14.5 Å². The topological polar surface area (TPSA) is 94.9 Å². The molecular weight excluding hydrogens is 274 g/mol. The highest BCUT2D eigenvalue weighted by Gasteiger charge is 2.40. The average molecular weight is 285 g/mol. The molecular formula is C15H11NO5. The number of aliphatic hydroxyl groups excluding tert-OH is 1. The van der Waals surface area contributed by atoms with Crippen LogP contribution in [0.2, 0.25) is 0 Å². The van der Waals surface area contributed by atoms with Gasteiger partial charge in [-0.25, -0.2) is 4.79 Å². The minimum Gasteiger partial charge on any atom is -0.480 e. The number of aliphatic hydroxyl groups is 1. The monoisotopic (exact) mass is 285 g/mol. The fourth-order valence-corrected chi connectivity index (χ4v) is 2.60. The van der Waals surface area contributed by atoms with Crippen LogP contribution in [0.25, 0.3) is 10.8 Å². The molecule has 2 aromatic rings. The van der Waals surface area contributed by atoms with Crippen LogP contribution in [0.4, 0.5) is 0 Å². The predicted molar refractivity (Wildman–Crippen MR) is 73.0 cm³/mol. The molecule has 0 saturated carbocycles. The summed E-state index contributed by atoms with van der Waals surface area (Å²) in [4.78, 5) is 36.7. The van der Waals surface area contributed by atoms with Crippen LogP contribution in [-0.2, 0) is 4.79 Å². The number of aliphatic carboxylic acids is 1. The number of imide groups is 1. The maximum atomic E-state index is 12.4. The van der Waals surface area contributed by atoms with E-state index in [4.69, 9.17) is 5.11 Å². The Morgan fingerprint density at radius 1 is 1.05 bits per heavy atom. The molecule has 2 amide bonds. The molecule has 6 heteroatoms. The SMILES string of the molecule is O=C(O)[C@H](CO)N1C(=O)c2cccc3cccc(c23)C1=O. The Labute approximate surface area is 119 Å². The lowest BCUT2D eigenvalue weighted by molar-refractivity contribution is -0.142. The van der Waals surface area contributed by atoms with Crippen molar-refractivity contribution in [3.8, 4) is 0 Å². The molecule has 0 bridgehead atoms. The van der Waals surface area contributed by atoms with E-state index in [-0.39, 0.29) is 11.1 Å².